The van der Waals surface area contributed by atoms with Crippen LogP contribution < -0.4 is 0 Å². The van der Waals surface area contributed by atoms with Gasteiger partial charge in [0.05, 0.1) is 11.1 Å². The number of rotatable bonds is 1. The first-order valence-corrected chi connectivity index (χ1v) is 8.56. The summed E-state index contributed by atoms with van der Waals surface area (Å²) in [6, 6.07) is 3.86. The lowest BCUT2D eigenvalue weighted by Crippen LogP contribution is -2.11. The lowest BCUT2D eigenvalue weighted by atomic mass is 9.88. The highest BCUT2D eigenvalue weighted by Crippen LogP contribution is 2.45. The zero-order valence-corrected chi connectivity index (χ0v) is 14.4. The molecule has 0 fully saturated rings. The Balaban J connectivity index is 2.03. The molecular formula is C21H15F6. The van der Waals surface area contributed by atoms with Gasteiger partial charge in [0.1, 0.15) is 0 Å². The van der Waals surface area contributed by atoms with E-state index in [0.717, 1.165) is 47.2 Å². The van der Waals surface area contributed by atoms with Gasteiger partial charge in [-0.15, -0.1) is 0 Å². The number of halogens is 6. The number of hydrogen-bond donors (Lipinski definition) is 0. The molecule has 0 saturated heterocycles. The molecule has 2 aliphatic rings. The topological polar surface area (TPSA) is 0 Å². The summed E-state index contributed by atoms with van der Waals surface area (Å²) in [5, 5.41) is 0. The van der Waals surface area contributed by atoms with Gasteiger partial charge in [-0.25, -0.2) is 0 Å². The van der Waals surface area contributed by atoms with E-state index < -0.39 is 23.5 Å². The summed E-state index contributed by atoms with van der Waals surface area (Å²) >= 11 is 0. The normalized spacial score (nSPS) is 16.3. The molecule has 0 bridgehead atoms. The van der Waals surface area contributed by atoms with Crippen molar-refractivity contribution in [2.45, 2.75) is 38.5 Å². The first-order chi connectivity index (χ1) is 12.5. The van der Waals surface area contributed by atoms with Crippen LogP contribution in [0.4, 0.5) is 26.3 Å². The molecule has 141 valence electrons. The van der Waals surface area contributed by atoms with Crippen molar-refractivity contribution in [2.24, 2.45) is 0 Å². The molecule has 0 nitrogen and oxygen atoms in total. The summed E-state index contributed by atoms with van der Waals surface area (Å²) < 4.78 is 79.7. The molecule has 2 aromatic rings. The molecule has 2 aromatic carbocycles. The molecule has 4 rings (SSSR count). The number of benzene rings is 2. The van der Waals surface area contributed by atoms with E-state index in [4.69, 9.17) is 0 Å². The van der Waals surface area contributed by atoms with Crippen molar-refractivity contribution in [3.8, 4) is 11.1 Å². The summed E-state index contributed by atoms with van der Waals surface area (Å²) in [5.74, 6) is 0. The van der Waals surface area contributed by atoms with Crippen molar-refractivity contribution in [3.05, 3.63) is 69.6 Å². The monoisotopic (exact) mass is 381 g/mol. The molecule has 0 saturated carbocycles. The molecular weight excluding hydrogens is 366 g/mol. The average Bonchev–Trinajstić information content (AvgIpc) is 3.15. The number of fused-ring (bicyclic) bond motifs is 2. The summed E-state index contributed by atoms with van der Waals surface area (Å²) in [6.07, 6.45) is -3.68. The molecule has 0 heterocycles. The first-order valence-electron chi connectivity index (χ1n) is 8.56. The minimum Gasteiger partial charge on any atom is -0.166 e. The Hall–Kier alpha value is -2.24. The molecule has 1 radical (unpaired) electrons. The van der Waals surface area contributed by atoms with Crippen LogP contribution in [0.5, 0.6) is 0 Å². The molecule has 0 aromatic heterocycles. The van der Waals surface area contributed by atoms with Gasteiger partial charge in [0, 0.05) is 6.42 Å². The fourth-order valence-electron chi connectivity index (χ4n) is 4.00. The molecule has 0 unspecified atom stereocenters. The Kier molecular flexibility index (Phi) is 3.95. The van der Waals surface area contributed by atoms with Crippen LogP contribution in [-0.2, 0) is 25.2 Å². The molecule has 0 spiro atoms. The molecule has 6 heteroatoms. The number of hydrogen-bond acceptors (Lipinski definition) is 0. The van der Waals surface area contributed by atoms with Gasteiger partial charge in [0.15, 0.2) is 0 Å². The molecule has 27 heavy (non-hydrogen) atoms. The highest BCUT2D eigenvalue weighted by molar-refractivity contribution is 5.87. The molecule has 0 N–H and O–H groups in total. The Bertz CT molecular complexity index is 928. The SMILES string of the molecule is CC1=Cc2c(cc3c(c2-c2cc(C(F)(F)F)cc(C(F)(F)F)c2)CCC3)[CH]1. The van der Waals surface area contributed by atoms with Crippen molar-refractivity contribution >= 4 is 6.08 Å². The Morgan fingerprint density at radius 1 is 0.815 bits per heavy atom. The van der Waals surface area contributed by atoms with Gasteiger partial charge in [-0.1, -0.05) is 17.7 Å². The lowest BCUT2D eigenvalue weighted by molar-refractivity contribution is -0.143. The van der Waals surface area contributed by atoms with Crippen LogP contribution in [0.25, 0.3) is 17.2 Å². The smallest absolute Gasteiger partial charge is 0.166 e. The van der Waals surface area contributed by atoms with Crippen molar-refractivity contribution in [3.63, 3.8) is 0 Å². The van der Waals surface area contributed by atoms with Crippen LogP contribution in [-0.4, -0.2) is 0 Å². The van der Waals surface area contributed by atoms with E-state index in [1.165, 1.54) is 0 Å². The van der Waals surface area contributed by atoms with Gasteiger partial charge in [-0.05, 0) is 77.8 Å². The molecule has 2 aliphatic carbocycles. The van der Waals surface area contributed by atoms with E-state index in [2.05, 4.69) is 0 Å². The maximum absolute atomic E-state index is 13.3. The maximum atomic E-state index is 13.3. The summed E-state index contributed by atoms with van der Waals surface area (Å²) in [5.41, 5.74) is 2.29. The van der Waals surface area contributed by atoms with E-state index in [1.54, 1.807) is 0 Å². The van der Waals surface area contributed by atoms with Crippen LogP contribution in [0.15, 0.2) is 29.8 Å². The first kappa shape index (κ1) is 18.1. The number of allylic oxidation sites excluding steroid dienone is 1. The molecule has 0 amide bonds. The second-order valence-corrected chi connectivity index (χ2v) is 7.07. The van der Waals surface area contributed by atoms with Crippen LogP contribution in [0, 0.1) is 6.42 Å². The van der Waals surface area contributed by atoms with Crippen LogP contribution in [0.3, 0.4) is 0 Å². The van der Waals surface area contributed by atoms with E-state index in [1.807, 2.05) is 25.5 Å². The van der Waals surface area contributed by atoms with Crippen LogP contribution >= 0.6 is 0 Å². The van der Waals surface area contributed by atoms with Crippen LogP contribution in [0.2, 0.25) is 0 Å². The Morgan fingerprint density at radius 3 is 2.04 bits per heavy atom. The quantitative estimate of drug-likeness (QED) is 0.474. The number of aryl methyl sites for hydroxylation is 1. The zero-order valence-electron chi connectivity index (χ0n) is 14.4. The third-order valence-corrected chi connectivity index (χ3v) is 5.10. The molecule has 0 aliphatic heterocycles. The Labute approximate surface area is 152 Å². The van der Waals surface area contributed by atoms with Gasteiger partial charge < -0.3 is 0 Å². The van der Waals surface area contributed by atoms with Crippen molar-refractivity contribution in [1.82, 2.24) is 0 Å². The Morgan fingerprint density at radius 2 is 1.44 bits per heavy atom. The van der Waals surface area contributed by atoms with E-state index >= 15 is 0 Å². The van der Waals surface area contributed by atoms with E-state index in [-0.39, 0.29) is 11.6 Å². The molecule has 0 atom stereocenters. The average molecular weight is 381 g/mol. The van der Waals surface area contributed by atoms with E-state index in [9.17, 15) is 26.3 Å². The second-order valence-electron chi connectivity index (χ2n) is 7.07. The largest absolute Gasteiger partial charge is 0.416 e. The van der Waals surface area contributed by atoms with Gasteiger partial charge >= 0.3 is 12.4 Å². The zero-order chi connectivity index (χ0) is 19.6. The predicted octanol–water partition coefficient (Wildman–Crippen LogP) is 6.85. The third kappa shape index (κ3) is 3.15. The van der Waals surface area contributed by atoms with Crippen molar-refractivity contribution < 1.29 is 26.3 Å². The van der Waals surface area contributed by atoms with Gasteiger partial charge in [-0.3, -0.25) is 0 Å². The third-order valence-electron chi connectivity index (χ3n) is 5.10. The summed E-state index contributed by atoms with van der Waals surface area (Å²) in [7, 11) is 0. The minimum atomic E-state index is -4.85. The number of alkyl halides is 6. The standard InChI is InChI=1S/C21H15F6/c1-11-5-13-7-12-3-2-4-17(12)19(18(13)6-11)14-8-15(20(22,23)24)10-16(9-14)21(25,26)27/h5-10H,2-4H2,1H3. The summed E-state index contributed by atoms with van der Waals surface area (Å²) in [4.78, 5) is 0. The van der Waals surface area contributed by atoms with Crippen molar-refractivity contribution in [2.75, 3.05) is 0 Å². The minimum absolute atomic E-state index is 0.0218. The predicted molar refractivity (Wildman–Crippen MR) is 91.0 cm³/mol. The van der Waals surface area contributed by atoms with Gasteiger partial charge in [0.25, 0.3) is 0 Å². The highest BCUT2D eigenvalue weighted by atomic mass is 19.4. The fourth-order valence-corrected chi connectivity index (χ4v) is 4.00. The van der Waals surface area contributed by atoms with Crippen LogP contribution in [0.1, 0.15) is 46.7 Å². The fraction of sp³-hybridized carbons (Fsp3) is 0.286. The summed E-state index contributed by atoms with van der Waals surface area (Å²) in [6.45, 7) is 1.86. The van der Waals surface area contributed by atoms with Gasteiger partial charge in [-0.2, -0.15) is 26.3 Å². The van der Waals surface area contributed by atoms with Gasteiger partial charge in [0.2, 0.25) is 0 Å². The maximum Gasteiger partial charge on any atom is 0.416 e. The van der Waals surface area contributed by atoms with E-state index in [0.29, 0.717) is 17.5 Å². The second kappa shape index (κ2) is 5.88. The van der Waals surface area contributed by atoms with Crippen molar-refractivity contribution in [1.29, 1.82) is 0 Å². The highest BCUT2D eigenvalue weighted by Gasteiger charge is 2.37. The lowest BCUT2D eigenvalue weighted by Gasteiger charge is -2.18.